The highest BCUT2D eigenvalue weighted by Gasteiger charge is 2.37. The molecule has 0 saturated heterocycles. The first kappa shape index (κ1) is 18.8. The van der Waals surface area contributed by atoms with Crippen molar-refractivity contribution < 1.29 is 18.3 Å². The van der Waals surface area contributed by atoms with Gasteiger partial charge in [0.1, 0.15) is 23.1 Å². The Morgan fingerprint density at radius 2 is 1.69 bits per heavy atom. The molecule has 8 heteroatoms. The fraction of sp³-hybridized carbons (Fsp3) is 0.167. The predicted octanol–water partition coefficient (Wildman–Crippen LogP) is 5.37. The van der Waals surface area contributed by atoms with E-state index in [1.165, 1.54) is 19.1 Å². The smallest absolute Gasteiger partial charge is 0.134 e. The number of rotatable bonds is 3. The van der Waals surface area contributed by atoms with E-state index in [0.29, 0.717) is 22.9 Å². The first-order valence-electron chi connectivity index (χ1n) is 7.51. The van der Waals surface area contributed by atoms with Crippen molar-refractivity contribution in [1.29, 1.82) is 0 Å². The zero-order valence-corrected chi connectivity index (χ0v) is 15.2. The number of halogens is 5. The summed E-state index contributed by atoms with van der Waals surface area (Å²) in [4.78, 5) is 0. The number of aryl methyl sites for hydroxylation is 1. The average Bonchev–Trinajstić information content (AvgIpc) is 2.88. The molecule has 136 valence electrons. The molecule has 0 spiro atoms. The number of hydrogen-bond acceptors (Lipinski definition) is 2. The van der Waals surface area contributed by atoms with Crippen molar-refractivity contribution in [3.8, 4) is 11.1 Å². The predicted molar refractivity (Wildman–Crippen MR) is 93.8 cm³/mol. The van der Waals surface area contributed by atoms with Crippen LogP contribution in [0.2, 0.25) is 10.0 Å². The zero-order valence-electron chi connectivity index (χ0n) is 13.7. The van der Waals surface area contributed by atoms with Crippen LogP contribution in [-0.4, -0.2) is 15.3 Å². The van der Waals surface area contributed by atoms with Crippen molar-refractivity contribution >= 4 is 23.2 Å². The molecule has 1 unspecified atom stereocenters. The normalized spacial score (nSPS) is 13.7. The second-order valence-electron chi connectivity index (χ2n) is 6.00. The first-order chi connectivity index (χ1) is 12.1. The molecule has 1 aromatic heterocycles. The Kier molecular flexibility index (Phi) is 4.77. The third kappa shape index (κ3) is 3.09. The van der Waals surface area contributed by atoms with Gasteiger partial charge in [0, 0.05) is 22.8 Å². The molecule has 0 saturated carbocycles. The van der Waals surface area contributed by atoms with Crippen LogP contribution in [0.25, 0.3) is 11.1 Å². The van der Waals surface area contributed by atoms with Gasteiger partial charge < -0.3 is 5.11 Å². The van der Waals surface area contributed by atoms with Gasteiger partial charge in [-0.2, -0.15) is 5.10 Å². The van der Waals surface area contributed by atoms with E-state index < -0.39 is 23.1 Å². The van der Waals surface area contributed by atoms with E-state index in [1.54, 1.807) is 6.92 Å². The van der Waals surface area contributed by atoms with Crippen LogP contribution in [0.4, 0.5) is 13.2 Å². The Morgan fingerprint density at radius 3 is 2.31 bits per heavy atom. The number of nitrogens with zero attached hydrogens (tertiary/aromatic N) is 1. The van der Waals surface area contributed by atoms with Crippen LogP contribution in [0, 0.1) is 24.4 Å². The molecule has 1 heterocycles. The fourth-order valence-electron chi connectivity index (χ4n) is 2.94. The number of H-pyrrole nitrogens is 1. The van der Waals surface area contributed by atoms with Gasteiger partial charge in [-0.1, -0.05) is 23.2 Å². The molecule has 0 bridgehead atoms. The first-order valence-corrected chi connectivity index (χ1v) is 8.26. The number of hydrogen-bond donors (Lipinski definition) is 2. The lowest BCUT2D eigenvalue weighted by atomic mass is 9.87. The summed E-state index contributed by atoms with van der Waals surface area (Å²) in [7, 11) is 0. The van der Waals surface area contributed by atoms with Gasteiger partial charge in [0.25, 0.3) is 0 Å². The van der Waals surface area contributed by atoms with Crippen LogP contribution in [0.1, 0.15) is 23.9 Å². The number of aromatic nitrogens is 2. The molecule has 0 aliphatic heterocycles. The molecule has 2 N–H and O–H groups in total. The third-order valence-electron chi connectivity index (χ3n) is 4.13. The Hall–Kier alpha value is -2.02. The molecule has 0 fully saturated rings. The standard InChI is InChI=1S/C18H13Cl2F3N2O/c1-8-15(11-4-3-9(21)5-12(11)19)17(25-24-8)18(2,26)16-13(20)6-10(22)7-14(16)23/h3-7,26H,1-2H3,(H,24,25). The van der Waals surface area contributed by atoms with Crippen LogP contribution >= 0.6 is 23.2 Å². The maximum Gasteiger partial charge on any atom is 0.134 e. The SMILES string of the molecule is Cc1n[nH]c(C(C)(O)c2c(F)cc(F)cc2Cl)c1-c1ccc(F)cc1Cl. The van der Waals surface area contributed by atoms with Crippen LogP contribution < -0.4 is 0 Å². The molecule has 2 aromatic carbocycles. The topological polar surface area (TPSA) is 48.9 Å². The lowest BCUT2D eigenvalue weighted by molar-refractivity contribution is 0.0937. The summed E-state index contributed by atoms with van der Waals surface area (Å²) in [5.41, 5.74) is -0.983. The number of benzene rings is 2. The lowest BCUT2D eigenvalue weighted by Gasteiger charge is -2.26. The summed E-state index contributed by atoms with van der Waals surface area (Å²) in [6, 6.07) is 5.29. The molecule has 3 aromatic rings. The van der Waals surface area contributed by atoms with E-state index in [9.17, 15) is 18.3 Å². The van der Waals surface area contributed by atoms with Crippen LogP contribution in [-0.2, 0) is 5.60 Å². The summed E-state index contributed by atoms with van der Waals surface area (Å²) in [6.45, 7) is 2.94. The van der Waals surface area contributed by atoms with E-state index in [0.717, 1.165) is 12.1 Å². The molecule has 0 aliphatic rings. The molecule has 1 atom stereocenters. The van der Waals surface area contributed by atoms with Crippen molar-refractivity contribution in [3.63, 3.8) is 0 Å². The van der Waals surface area contributed by atoms with E-state index in [-0.39, 0.29) is 21.3 Å². The Labute approximate surface area is 157 Å². The summed E-state index contributed by atoms with van der Waals surface area (Å²) in [6.07, 6.45) is 0. The number of aliphatic hydroxyl groups is 1. The minimum Gasteiger partial charge on any atom is -0.379 e. The van der Waals surface area contributed by atoms with E-state index in [4.69, 9.17) is 23.2 Å². The lowest BCUT2D eigenvalue weighted by Crippen LogP contribution is -2.26. The van der Waals surface area contributed by atoms with Gasteiger partial charge in [0.2, 0.25) is 0 Å². The van der Waals surface area contributed by atoms with Gasteiger partial charge in [0.15, 0.2) is 0 Å². The van der Waals surface area contributed by atoms with Gasteiger partial charge in [0.05, 0.1) is 21.4 Å². The maximum atomic E-state index is 14.4. The third-order valence-corrected chi connectivity index (χ3v) is 4.74. The molecule has 0 amide bonds. The molecule has 3 nitrogen and oxygen atoms in total. The van der Waals surface area contributed by atoms with Crippen molar-refractivity contribution in [2.24, 2.45) is 0 Å². The minimum absolute atomic E-state index is 0.0934. The Balaban J connectivity index is 2.26. The molecular formula is C18H13Cl2F3N2O. The van der Waals surface area contributed by atoms with Gasteiger partial charge in [-0.15, -0.1) is 0 Å². The summed E-state index contributed by atoms with van der Waals surface area (Å²) < 4.78 is 41.1. The zero-order chi connectivity index (χ0) is 19.2. The number of aromatic amines is 1. The highest BCUT2D eigenvalue weighted by Crippen LogP contribution is 2.42. The molecular weight excluding hydrogens is 388 g/mol. The second-order valence-corrected chi connectivity index (χ2v) is 6.81. The monoisotopic (exact) mass is 400 g/mol. The van der Waals surface area contributed by atoms with Crippen molar-refractivity contribution in [3.05, 3.63) is 74.8 Å². The molecule has 3 rings (SSSR count). The van der Waals surface area contributed by atoms with Gasteiger partial charge in [-0.05, 0) is 38.1 Å². The highest BCUT2D eigenvalue weighted by atomic mass is 35.5. The summed E-state index contributed by atoms with van der Waals surface area (Å²) >= 11 is 12.1. The van der Waals surface area contributed by atoms with Crippen molar-refractivity contribution in [1.82, 2.24) is 10.2 Å². The van der Waals surface area contributed by atoms with Gasteiger partial charge >= 0.3 is 0 Å². The molecule has 0 radical (unpaired) electrons. The maximum absolute atomic E-state index is 14.4. The van der Waals surface area contributed by atoms with Crippen molar-refractivity contribution in [2.75, 3.05) is 0 Å². The largest absolute Gasteiger partial charge is 0.379 e. The van der Waals surface area contributed by atoms with E-state index in [1.807, 2.05) is 0 Å². The quantitative estimate of drug-likeness (QED) is 0.621. The van der Waals surface area contributed by atoms with E-state index >= 15 is 0 Å². The van der Waals surface area contributed by atoms with Gasteiger partial charge in [-0.3, -0.25) is 5.10 Å². The Morgan fingerprint density at radius 1 is 1.04 bits per heavy atom. The van der Waals surface area contributed by atoms with E-state index in [2.05, 4.69) is 10.2 Å². The van der Waals surface area contributed by atoms with Gasteiger partial charge in [-0.25, -0.2) is 13.2 Å². The van der Waals surface area contributed by atoms with Crippen LogP contribution in [0.5, 0.6) is 0 Å². The summed E-state index contributed by atoms with van der Waals surface area (Å²) in [5, 5.41) is 17.6. The number of nitrogens with one attached hydrogen (secondary N) is 1. The highest BCUT2D eigenvalue weighted by molar-refractivity contribution is 6.33. The van der Waals surface area contributed by atoms with Crippen LogP contribution in [0.15, 0.2) is 30.3 Å². The van der Waals surface area contributed by atoms with Crippen LogP contribution in [0.3, 0.4) is 0 Å². The Bertz CT molecular complexity index is 979. The fourth-order valence-corrected chi connectivity index (χ4v) is 3.58. The summed E-state index contributed by atoms with van der Waals surface area (Å²) in [5.74, 6) is -2.40. The molecule has 26 heavy (non-hydrogen) atoms. The second kappa shape index (κ2) is 6.61. The van der Waals surface area contributed by atoms with Crippen molar-refractivity contribution in [2.45, 2.75) is 19.4 Å². The average molecular weight is 401 g/mol. The molecule has 0 aliphatic carbocycles. The minimum atomic E-state index is -1.98.